The number of fused-ring (bicyclic) bond motifs is 1. The zero-order chi connectivity index (χ0) is 28.1. The number of carbonyl (C=O) groups excluding carboxylic acids is 1. The molecule has 3 heterocycles. The lowest BCUT2D eigenvalue weighted by Gasteiger charge is -2.34. The molecular weight excluding hydrogens is 527 g/mol. The van der Waals surface area contributed by atoms with Crippen LogP contribution in [0.5, 0.6) is 17.4 Å². The Balaban J connectivity index is 1.20. The molecule has 40 heavy (non-hydrogen) atoms. The van der Waals surface area contributed by atoms with Gasteiger partial charge in [0.2, 0.25) is 5.75 Å². The first-order valence-corrected chi connectivity index (χ1v) is 13.0. The van der Waals surface area contributed by atoms with Gasteiger partial charge in [-0.25, -0.2) is 9.78 Å². The third-order valence-corrected chi connectivity index (χ3v) is 6.72. The second-order valence-corrected chi connectivity index (χ2v) is 9.42. The van der Waals surface area contributed by atoms with Crippen LogP contribution in [0.4, 0.5) is 35.2 Å². The molecule has 10 nitrogen and oxygen atoms in total. The number of aromatic nitrogens is 2. The fourth-order valence-corrected chi connectivity index (χ4v) is 4.58. The molecule has 2 amide bonds. The van der Waals surface area contributed by atoms with E-state index in [1.807, 2.05) is 4.90 Å². The highest BCUT2D eigenvalue weighted by Gasteiger charge is 2.34. The molecule has 0 atom stereocenters. The number of urea groups is 1. The van der Waals surface area contributed by atoms with Crippen LogP contribution in [0.2, 0.25) is 0 Å². The number of piperazine rings is 1. The highest BCUT2D eigenvalue weighted by molar-refractivity contribution is 5.99. The van der Waals surface area contributed by atoms with Crippen LogP contribution in [0, 0.1) is 0 Å². The monoisotopic (exact) mass is 557 g/mol. The van der Waals surface area contributed by atoms with E-state index in [0.717, 1.165) is 25.7 Å². The van der Waals surface area contributed by atoms with E-state index in [-0.39, 0.29) is 23.7 Å². The molecule has 3 aromatic rings. The van der Waals surface area contributed by atoms with Crippen molar-refractivity contribution >= 4 is 23.2 Å². The first kappa shape index (κ1) is 27.5. The molecule has 212 valence electrons. The maximum atomic E-state index is 13.9. The van der Waals surface area contributed by atoms with Crippen molar-refractivity contribution in [2.75, 3.05) is 61.8 Å². The fraction of sp³-hybridized carbons (Fsp3) is 0.370. The van der Waals surface area contributed by atoms with Crippen molar-refractivity contribution in [2.45, 2.75) is 19.6 Å². The summed E-state index contributed by atoms with van der Waals surface area (Å²) in [7, 11) is 0. The number of benzene rings is 2. The third-order valence-electron chi connectivity index (χ3n) is 6.72. The molecule has 0 bridgehead atoms. The van der Waals surface area contributed by atoms with Gasteiger partial charge in [0.1, 0.15) is 18.7 Å². The van der Waals surface area contributed by atoms with Crippen LogP contribution in [0.25, 0.3) is 0 Å². The summed E-state index contributed by atoms with van der Waals surface area (Å²) in [5, 5.41) is 8.21. The Hall–Kier alpha value is -4.10. The Bertz CT molecular complexity index is 1330. The summed E-state index contributed by atoms with van der Waals surface area (Å²) in [6.45, 7) is 7.38. The molecule has 1 fully saturated rings. The Morgan fingerprint density at radius 1 is 1.02 bits per heavy atom. The molecule has 0 radical (unpaired) electrons. The van der Waals surface area contributed by atoms with Crippen LogP contribution in [0.15, 0.2) is 48.8 Å². The number of hydrogen-bond donors (Lipinski definition) is 3. The van der Waals surface area contributed by atoms with Gasteiger partial charge in [0.25, 0.3) is 5.88 Å². The molecular formula is C27H30F3N7O3. The molecule has 2 aliphatic rings. The molecule has 3 N–H and O–H groups in total. The summed E-state index contributed by atoms with van der Waals surface area (Å²) in [5.74, 6) is 1.66. The average Bonchev–Trinajstić information content (AvgIpc) is 2.95. The van der Waals surface area contributed by atoms with Gasteiger partial charge in [-0.2, -0.15) is 18.2 Å². The Morgan fingerprint density at radius 2 is 1.73 bits per heavy atom. The molecule has 0 aliphatic carbocycles. The SMILES string of the molecule is CCN1CCN(Cc2ccc(NC(=O)Nc3ccc(Oc4ncnc5c4OCCN5)cc3)cc2C(F)(F)F)CC1. The summed E-state index contributed by atoms with van der Waals surface area (Å²) in [6.07, 6.45) is -3.19. The second-order valence-electron chi connectivity index (χ2n) is 9.42. The number of hydrogen-bond acceptors (Lipinski definition) is 8. The van der Waals surface area contributed by atoms with Gasteiger partial charge in [0.05, 0.1) is 12.1 Å². The van der Waals surface area contributed by atoms with Gasteiger partial charge in [-0.1, -0.05) is 13.0 Å². The van der Waals surface area contributed by atoms with Gasteiger partial charge < -0.3 is 30.3 Å². The summed E-state index contributed by atoms with van der Waals surface area (Å²) in [6, 6.07) is 9.68. The molecule has 13 heteroatoms. The summed E-state index contributed by atoms with van der Waals surface area (Å²) >= 11 is 0. The topological polar surface area (TPSA) is 104 Å². The van der Waals surface area contributed by atoms with Gasteiger partial charge in [0, 0.05) is 44.1 Å². The highest BCUT2D eigenvalue weighted by Crippen LogP contribution is 2.37. The number of alkyl halides is 3. The summed E-state index contributed by atoms with van der Waals surface area (Å²) in [5.41, 5.74) is -0.0983. The van der Waals surface area contributed by atoms with Gasteiger partial charge in [-0.05, 0) is 48.5 Å². The highest BCUT2D eigenvalue weighted by atomic mass is 19.4. The van der Waals surface area contributed by atoms with Crippen molar-refractivity contribution in [3.05, 3.63) is 59.9 Å². The lowest BCUT2D eigenvalue weighted by molar-refractivity contribution is -0.138. The van der Waals surface area contributed by atoms with Crippen molar-refractivity contribution in [1.82, 2.24) is 19.8 Å². The van der Waals surface area contributed by atoms with Crippen LogP contribution in [0.3, 0.4) is 0 Å². The summed E-state index contributed by atoms with van der Waals surface area (Å²) in [4.78, 5) is 25.1. The van der Waals surface area contributed by atoms with E-state index in [9.17, 15) is 18.0 Å². The number of likely N-dealkylation sites (N-methyl/N-ethyl adjacent to an activating group) is 1. The molecule has 2 aromatic carbocycles. The van der Waals surface area contributed by atoms with Crippen molar-refractivity contribution < 1.29 is 27.4 Å². The smallest absolute Gasteiger partial charge is 0.416 e. The van der Waals surface area contributed by atoms with E-state index in [2.05, 4.69) is 37.7 Å². The van der Waals surface area contributed by atoms with Gasteiger partial charge in [-0.15, -0.1) is 0 Å². The number of ether oxygens (including phenoxy) is 2. The predicted octanol–water partition coefficient (Wildman–Crippen LogP) is 4.87. The second kappa shape index (κ2) is 12.0. The molecule has 5 rings (SSSR count). The molecule has 2 aliphatic heterocycles. The van der Waals surface area contributed by atoms with E-state index >= 15 is 0 Å². The van der Waals surface area contributed by atoms with Crippen molar-refractivity contribution in [2.24, 2.45) is 0 Å². The molecule has 0 spiro atoms. The number of rotatable bonds is 7. The van der Waals surface area contributed by atoms with Crippen molar-refractivity contribution in [3.8, 4) is 17.4 Å². The maximum Gasteiger partial charge on any atom is 0.416 e. The van der Waals surface area contributed by atoms with E-state index in [0.29, 0.717) is 49.2 Å². The van der Waals surface area contributed by atoms with Crippen LogP contribution >= 0.6 is 0 Å². The molecule has 1 saturated heterocycles. The van der Waals surface area contributed by atoms with E-state index in [1.54, 1.807) is 24.3 Å². The lowest BCUT2D eigenvalue weighted by Crippen LogP contribution is -2.45. The number of halogens is 3. The zero-order valence-electron chi connectivity index (χ0n) is 21.9. The quantitative estimate of drug-likeness (QED) is 0.378. The van der Waals surface area contributed by atoms with Crippen LogP contribution in [-0.2, 0) is 12.7 Å². The van der Waals surface area contributed by atoms with Crippen LogP contribution in [-0.4, -0.2) is 71.7 Å². The minimum Gasteiger partial charge on any atom is -0.483 e. The molecule has 1 aromatic heterocycles. The minimum absolute atomic E-state index is 0.0477. The fourth-order valence-electron chi connectivity index (χ4n) is 4.58. The van der Waals surface area contributed by atoms with E-state index in [4.69, 9.17) is 9.47 Å². The minimum atomic E-state index is -4.55. The van der Waals surface area contributed by atoms with E-state index in [1.165, 1.54) is 18.5 Å². The van der Waals surface area contributed by atoms with Crippen molar-refractivity contribution in [3.63, 3.8) is 0 Å². The molecule has 0 saturated carbocycles. The Labute approximate surface area is 229 Å². The first-order valence-electron chi connectivity index (χ1n) is 13.0. The lowest BCUT2D eigenvalue weighted by atomic mass is 10.0. The van der Waals surface area contributed by atoms with E-state index < -0.39 is 17.8 Å². The van der Waals surface area contributed by atoms with Gasteiger partial charge in [0.15, 0.2) is 5.82 Å². The number of carbonyl (C=O) groups is 1. The van der Waals surface area contributed by atoms with Gasteiger partial charge in [-0.3, -0.25) is 4.90 Å². The van der Waals surface area contributed by atoms with Gasteiger partial charge >= 0.3 is 12.2 Å². The number of amides is 2. The first-order chi connectivity index (χ1) is 19.3. The Morgan fingerprint density at radius 3 is 2.45 bits per heavy atom. The number of nitrogens with one attached hydrogen (secondary N) is 3. The normalized spacial score (nSPS) is 15.9. The maximum absolute atomic E-state index is 13.9. The van der Waals surface area contributed by atoms with Crippen LogP contribution < -0.4 is 25.4 Å². The van der Waals surface area contributed by atoms with Crippen LogP contribution in [0.1, 0.15) is 18.1 Å². The number of anilines is 3. The Kier molecular flexibility index (Phi) is 8.21. The largest absolute Gasteiger partial charge is 0.483 e. The standard InChI is InChI=1S/C27H30F3N7O3/c1-2-36-10-12-37(13-11-36)16-18-3-4-20(15-22(18)27(28,29)30)35-26(38)34-19-5-7-21(8-6-19)40-25-23-24(32-17-33-25)31-9-14-39-23/h3-8,15,17H,2,9-14,16H2,1H3,(H,31,32,33)(H2,34,35,38). The molecule has 0 unspecified atom stereocenters. The number of nitrogens with zero attached hydrogens (tertiary/aromatic N) is 4. The average molecular weight is 558 g/mol. The third kappa shape index (κ3) is 6.72. The zero-order valence-corrected chi connectivity index (χ0v) is 21.9. The predicted molar refractivity (Wildman–Crippen MR) is 144 cm³/mol. The summed E-state index contributed by atoms with van der Waals surface area (Å²) < 4.78 is 53.0. The van der Waals surface area contributed by atoms with Crippen molar-refractivity contribution in [1.29, 1.82) is 0 Å².